The van der Waals surface area contributed by atoms with Crippen LogP contribution in [0.5, 0.6) is 0 Å². The topological polar surface area (TPSA) is 103 Å². The summed E-state index contributed by atoms with van der Waals surface area (Å²) in [5, 5.41) is 5.15. The molecule has 25 heavy (non-hydrogen) atoms. The van der Waals surface area contributed by atoms with E-state index in [4.69, 9.17) is 14.2 Å². The first-order chi connectivity index (χ1) is 11.3. The number of unbranched alkanes of at least 4 members (excludes halogenated alkanes) is 1. The van der Waals surface area contributed by atoms with Crippen LogP contribution in [-0.4, -0.2) is 49.1 Å². The molecule has 0 rings (SSSR count). The number of amides is 2. The third-order valence-corrected chi connectivity index (χ3v) is 2.76. The molecule has 0 heterocycles. The van der Waals surface area contributed by atoms with Crippen LogP contribution in [0.1, 0.15) is 60.8 Å². The fraction of sp³-hybridized carbons (Fsp3) is 0.824. The van der Waals surface area contributed by atoms with Crippen LogP contribution < -0.4 is 10.6 Å². The summed E-state index contributed by atoms with van der Waals surface area (Å²) in [6.45, 7) is 11.0. The summed E-state index contributed by atoms with van der Waals surface area (Å²) >= 11 is 0. The second kappa shape index (κ2) is 10.1. The number of hydrogen-bond donors (Lipinski definition) is 2. The van der Waals surface area contributed by atoms with Gasteiger partial charge in [-0.15, -0.1) is 0 Å². The van der Waals surface area contributed by atoms with Crippen LogP contribution >= 0.6 is 0 Å². The van der Waals surface area contributed by atoms with Gasteiger partial charge < -0.3 is 24.8 Å². The zero-order chi connectivity index (χ0) is 19.7. The van der Waals surface area contributed by atoms with Crippen molar-refractivity contribution in [2.24, 2.45) is 0 Å². The largest absolute Gasteiger partial charge is 0.467 e. The number of carbonyl (C=O) groups excluding carboxylic acids is 3. The van der Waals surface area contributed by atoms with Gasteiger partial charge in [0.2, 0.25) is 0 Å². The molecular weight excluding hydrogens is 328 g/mol. The normalized spacial score (nSPS) is 12.8. The number of rotatable bonds is 7. The summed E-state index contributed by atoms with van der Waals surface area (Å²) in [6, 6.07) is -0.790. The third-order valence-electron chi connectivity index (χ3n) is 2.76. The molecule has 0 fully saturated rings. The molecule has 0 aliphatic carbocycles. The van der Waals surface area contributed by atoms with Gasteiger partial charge in [-0.25, -0.2) is 14.4 Å². The fourth-order valence-electron chi connectivity index (χ4n) is 1.82. The molecule has 0 saturated carbocycles. The number of hydrogen-bond acceptors (Lipinski definition) is 6. The average molecular weight is 360 g/mol. The molecule has 1 atom stereocenters. The fourth-order valence-corrected chi connectivity index (χ4v) is 1.82. The van der Waals surface area contributed by atoms with Gasteiger partial charge in [0.25, 0.3) is 0 Å². The van der Waals surface area contributed by atoms with Gasteiger partial charge in [-0.2, -0.15) is 0 Å². The Morgan fingerprint density at radius 1 is 0.880 bits per heavy atom. The lowest BCUT2D eigenvalue weighted by Crippen LogP contribution is -2.44. The predicted octanol–water partition coefficient (Wildman–Crippen LogP) is 2.75. The lowest BCUT2D eigenvalue weighted by Gasteiger charge is -2.22. The lowest BCUT2D eigenvalue weighted by atomic mass is 10.1. The highest BCUT2D eigenvalue weighted by Gasteiger charge is 2.24. The Kier molecular flexibility index (Phi) is 9.30. The molecule has 0 bridgehead atoms. The van der Waals surface area contributed by atoms with Crippen LogP contribution in [0.2, 0.25) is 0 Å². The number of carbonyl (C=O) groups is 3. The minimum atomic E-state index is -0.790. The van der Waals surface area contributed by atoms with Crippen molar-refractivity contribution in [1.82, 2.24) is 10.6 Å². The first-order valence-electron chi connectivity index (χ1n) is 8.38. The van der Waals surface area contributed by atoms with Crippen LogP contribution in [-0.2, 0) is 19.0 Å². The molecule has 0 radical (unpaired) electrons. The molecule has 0 aliphatic rings. The quantitative estimate of drug-likeness (QED) is 0.411. The van der Waals surface area contributed by atoms with Gasteiger partial charge in [0.05, 0.1) is 7.11 Å². The number of alkyl carbamates (subject to hydrolysis) is 2. The third kappa shape index (κ3) is 13.0. The molecular formula is C17H32N2O6. The van der Waals surface area contributed by atoms with Gasteiger partial charge in [-0.1, -0.05) is 0 Å². The Hall–Kier alpha value is -1.99. The molecule has 0 unspecified atom stereocenters. The molecule has 0 aromatic heterocycles. The second-order valence-electron chi connectivity index (χ2n) is 7.65. The molecule has 0 saturated heterocycles. The summed E-state index contributed by atoms with van der Waals surface area (Å²) in [6.07, 6.45) is 0.453. The van der Waals surface area contributed by atoms with Gasteiger partial charge in [-0.3, -0.25) is 0 Å². The Morgan fingerprint density at radius 2 is 1.40 bits per heavy atom. The van der Waals surface area contributed by atoms with E-state index in [1.807, 2.05) is 0 Å². The van der Waals surface area contributed by atoms with Crippen LogP contribution in [0.15, 0.2) is 0 Å². The average Bonchev–Trinajstić information content (AvgIpc) is 2.40. The van der Waals surface area contributed by atoms with Crippen molar-refractivity contribution in [3.05, 3.63) is 0 Å². The number of nitrogens with one attached hydrogen (secondary N) is 2. The number of methoxy groups -OCH3 is 1. The van der Waals surface area contributed by atoms with E-state index in [1.54, 1.807) is 41.5 Å². The smallest absolute Gasteiger partial charge is 0.408 e. The van der Waals surface area contributed by atoms with Crippen LogP contribution in [0, 0.1) is 0 Å². The number of ether oxygens (including phenoxy) is 3. The van der Waals surface area contributed by atoms with E-state index in [9.17, 15) is 14.4 Å². The monoisotopic (exact) mass is 360 g/mol. The maximum atomic E-state index is 11.8. The second-order valence-corrected chi connectivity index (χ2v) is 7.65. The van der Waals surface area contributed by atoms with E-state index in [2.05, 4.69) is 10.6 Å². The summed E-state index contributed by atoms with van der Waals surface area (Å²) in [4.78, 5) is 35.1. The van der Waals surface area contributed by atoms with Crippen LogP contribution in [0.4, 0.5) is 9.59 Å². The van der Waals surface area contributed by atoms with E-state index in [-0.39, 0.29) is 0 Å². The van der Waals surface area contributed by atoms with E-state index in [0.29, 0.717) is 25.8 Å². The zero-order valence-corrected chi connectivity index (χ0v) is 16.4. The Bertz CT molecular complexity index is 451. The number of esters is 1. The SMILES string of the molecule is COC(=O)[C@@H](CCCCNC(=O)OC(C)(C)C)NC(=O)OC(C)(C)C. The van der Waals surface area contributed by atoms with Crippen molar-refractivity contribution in [2.75, 3.05) is 13.7 Å². The summed E-state index contributed by atoms with van der Waals surface area (Å²) in [5.74, 6) is -0.536. The molecule has 146 valence electrons. The Balaban J connectivity index is 4.23. The minimum Gasteiger partial charge on any atom is -0.467 e. The van der Waals surface area contributed by atoms with E-state index >= 15 is 0 Å². The molecule has 0 aromatic carbocycles. The van der Waals surface area contributed by atoms with Crippen LogP contribution in [0.25, 0.3) is 0 Å². The maximum Gasteiger partial charge on any atom is 0.408 e. The Morgan fingerprint density at radius 3 is 1.88 bits per heavy atom. The molecule has 8 heteroatoms. The predicted molar refractivity (Wildman–Crippen MR) is 93.3 cm³/mol. The van der Waals surface area contributed by atoms with Crippen molar-refractivity contribution in [3.8, 4) is 0 Å². The molecule has 0 spiro atoms. The minimum absolute atomic E-state index is 0.377. The van der Waals surface area contributed by atoms with Crippen molar-refractivity contribution in [3.63, 3.8) is 0 Å². The maximum absolute atomic E-state index is 11.8. The first-order valence-corrected chi connectivity index (χ1v) is 8.38. The summed E-state index contributed by atoms with van der Waals surface area (Å²) in [7, 11) is 1.26. The zero-order valence-electron chi connectivity index (χ0n) is 16.4. The molecule has 2 N–H and O–H groups in total. The summed E-state index contributed by atoms with van der Waals surface area (Å²) in [5.41, 5.74) is -1.19. The lowest BCUT2D eigenvalue weighted by molar-refractivity contribution is -0.143. The van der Waals surface area contributed by atoms with Crippen molar-refractivity contribution in [1.29, 1.82) is 0 Å². The van der Waals surface area contributed by atoms with E-state index in [1.165, 1.54) is 7.11 Å². The van der Waals surface area contributed by atoms with Gasteiger partial charge in [0.1, 0.15) is 17.2 Å². The van der Waals surface area contributed by atoms with Crippen molar-refractivity contribution in [2.45, 2.75) is 78.0 Å². The van der Waals surface area contributed by atoms with E-state index < -0.39 is 35.4 Å². The van der Waals surface area contributed by atoms with Gasteiger partial charge >= 0.3 is 18.2 Å². The highest BCUT2D eigenvalue weighted by Crippen LogP contribution is 2.09. The summed E-state index contributed by atoms with van der Waals surface area (Å²) < 4.78 is 15.0. The molecule has 8 nitrogen and oxygen atoms in total. The van der Waals surface area contributed by atoms with Crippen molar-refractivity contribution < 1.29 is 28.6 Å². The molecule has 2 amide bonds. The standard InChI is InChI=1S/C17H32N2O6/c1-16(2,3)24-14(21)18-11-9-8-10-12(13(20)23-7)19-15(22)25-17(4,5)6/h12H,8-11H2,1-7H3,(H,18,21)(H,19,22)/t12-/m1/s1. The van der Waals surface area contributed by atoms with Gasteiger partial charge in [0, 0.05) is 6.54 Å². The Labute approximate surface area is 150 Å². The first kappa shape index (κ1) is 23.0. The van der Waals surface area contributed by atoms with Gasteiger partial charge in [-0.05, 0) is 60.8 Å². The molecule has 0 aliphatic heterocycles. The highest BCUT2D eigenvalue weighted by atomic mass is 16.6. The highest BCUT2D eigenvalue weighted by molar-refractivity contribution is 5.81. The van der Waals surface area contributed by atoms with Crippen LogP contribution in [0.3, 0.4) is 0 Å². The van der Waals surface area contributed by atoms with E-state index in [0.717, 1.165) is 0 Å². The van der Waals surface area contributed by atoms with Crippen molar-refractivity contribution >= 4 is 18.2 Å². The van der Waals surface area contributed by atoms with Gasteiger partial charge in [0.15, 0.2) is 0 Å². The molecule has 0 aromatic rings.